The number of fused-ring (bicyclic) bond motifs is 2. The Morgan fingerprint density at radius 2 is 2.09 bits per heavy atom. The third-order valence-corrected chi connectivity index (χ3v) is 8.47. The lowest BCUT2D eigenvalue weighted by Gasteiger charge is -2.18. The van der Waals surface area contributed by atoms with Crippen LogP contribution < -0.4 is 14.2 Å². The van der Waals surface area contributed by atoms with E-state index in [4.69, 9.17) is 20.9 Å². The maximum Gasteiger partial charge on any atom is 0.370 e. The summed E-state index contributed by atoms with van der Waals surface area (Å²) in [6.07, 6.45) is 4.30. The molecule has 0 fully saturated rings. The summed E-state index contributed by atoms with van der Waals surface area (Å²) in [5.74, 6) is -1.09. The van der Waals surface area contributed by atoms with E-state index in [1.165, 1.54) is 40.9 Å². The molecule has 0 atom stereocenters. The van der Waals surface area contributed by atoms with Crippen LogP contribution >= 0.6 is 34.3 Å². The average molecular weight is 560 g/mol. The van der Waals surface area contributed by atoms with Crippen LogP contribution in [0.15, 0.2) is 41.8 Å². The first-order chi connectivity index (χ1) is 16.5. The van der Waals surface area contributed by atoms with Crippen LogP contribution in [0.5, 0.6) is 5.75 Å². The van der Waals surface area contributed by atoms with Gasteiger partial charge in [0.2, 0.25) is 12.4 Å². The van der Waals surface area contributed by atoms with Crippen molar-refractivity contribution in [2.75, 3.05) is 17.2 Å². The molecule has 0 saturated carbocycles. The number of aromatic nitrogens is 1. The van der Waals surface area contributed by atoms with E-state index in [2.05, 4.69) is 0 Å². The molecule has 1 aromatic carbocycles. The maximum absolute atomic E-state index is 13.9. The van der Waals surface area contributed by atoms with Crippen molar-refractivity contribution in [3.05, 3.63) is 57.0 Å². The summed E-state index contributed by atoms with van der Waals surface area (Å²) in [6.45, 7) is 1.88. The molecule has 13 heteroatoms. The normalized spacial score (nSPS) is 15.1. The fourth-order valence-electron chi connectivity index (χ4n) is 3.64. The quantitative estimate of drug-likeness (QED) is 0.282. The van der Waals surface area contributed by atoms with Crippen molar-refractivity contribution in [2.24, 2.45) is 0 Å². The predicted octanol–water partition coefficient (Wildman–Crippen LogP) is 4.94. The van der Waals surface area contributed by atoms with Crippen LogP contribution in [0.2, 0.25) is 4.34 Å². The molecule has 1 aliphatic heterocycles. The first kappa shape index (κ1) is 25.6. The second kappa shape index (κ2) is 10.2. The second-order valence-corrected chi connectivity index (χ2v) is 12.0. The molecule has 2 N–H and O–H groups in total. The molecule has 35 heavy (non-hydrogen) atoms. The van der Waals surface area contributed by atoms with Gasteiger partial charge in [0.15, 0.2) is 5.75 Å². The van der Waals surface area contributed by atoms with E-state index < -0.39 is 27.7 Å². The minimum Gasteiger partial charge on any atom is -0.477 e. The lowest BCUT2D eigenvalue weighted by atomic mass is 10.2. The number of halogens is 2. The van der Waals surface area contributed by atoms with Crippen LogP contribution in [0.3, 0.4) is 0 Å². The number of thiophene rings is 1. The molecular weight excluding hydrogens is 539 g/mol. The van der Waals surface area contributed by atoms with Crippen molar-refractivity contribution >= 4 is 71.7 Å². The number of aliphatic carboxylic acids is 1. The number of ether oxygens (including phenoxy) is 1. The number of hydrogen-bond acceptors (Lipinski definition) is 7. The van der Waals surface area contributed by atoms with Crippen molar-refractivity contribution in [2.45, 2.75) is 26.3 Å². The number of anilines is 1. The SMILES string of the molecule is CCC(=C/c1sc2cc(Cl)sc2[n+]1CC(=O)O)/C=C1/Oc2ccc(F)cc2N1CCCS(=O)(=O)O. The van der Waals surface area contributed by atoms with E-state index in [0.29, 0.717) is 28.1 Å². The van der Waals surface area contributed by atoms with E-state index in [9.17, 15) is 22.7 Å². The van der Waals surface area contributed by atoms with Crippen molar-refractivity contribution in [1.82, 2.24) is 0 Å². The Morgan fingerprint density at radius 1 is 1.31 bits per heavy atom. The van der Waals surface area contributed by atoms with Crippen LogP contribution in [0.25, 0.3) is 15.6 Å². The molecular formula is C22H21ClFN2O6S3+. The second-order valence-electron chi connectivity index (χ2n) is 7.70. The minimum atomic E-state index is -4.14. The molecule has 186 valence electrons. The fourth-order valence-corrected chi connectivity index (χ4v) is 6.78. The van der Waals surface area contributed by atoms with Crippen LogP contribution in [-0.2, 0) is 21.5 Å². The highest BCUT2D eigenvalue weighted by molar-refractivity contribution is 7.85. The van der Waals surface area contributed by atoms with Gasteiger partial charge >= 0.3 is 5.97 Å². The summed E-state index contributed by atoms with van der Waals surface area (Å²) in [5, 5.41) is 10.1. The minimum absolute atomic E-state index is 0.0984. The van der Waals surface area contributed by atoms with E-state index in [1.54, 1.807) is 21.6 Å². The number of carboxylic acids is 1. The molecule has 8 nitrogen and oxygen atoms in total. The first-order valence-corrected chi connectivity index (χ1v) is 14.1. The largest absolute Gasteiger partial charge is 0.477 e. The van der Waals surface area contributed by atoms with Gasteiger partial charge in [-0.2, -0.15) is 13.0 Å². The molecule has 1 aliphatic rings. The topological polar surface area (TPSA) is 108 Å². The fraction of sp³-hybridized carbons (Fsp3) is 0.273. The summed E-state index contributed by atoms with van der Waals surface area (Å²) < 4.78 is 54.4. The lowest BCUT2D eigenvalue weighted by molar-refractivity contribution is -0.655. The van der Waals surface area contributed by atoms with Gasteiger partial charge in [-0.3, -0.25) is 4.55 Å². The number of hydrogen-bond donors (Lipinski definition) is 2. The van der Waals surface area contributed by atoms with Gasteiger partial charge in [0.1, 0.15) is 14.9 Å². The summed E-state index contributed by atoms with van der Waals surface area (Å²) in [4.78, 5) is 13.9. The lowest BCUT2D eigenvalue weighted by Crippen LogP contribution is -2.38. The van der Waals surface area contributed by atoms with Gasteiger partial charge in [0.05, 0.1) is 11.4 Å². The number of carbonyl (C=O) groups is 1. The molecule has 0 unspecified atom stereocenters. The molecule has 3 heterocycles. The Hall–Kier alpha value is -2.51. The molecule has 0 spiro atoms. The maximum atomic E-state index is 13.9. The van der Waals surface area contributed by atoms with Gasteiger partial charge in [0, 0.05) is 24.8 Å². The van der Waals surface area contributed by atoms with Crippen LogP contribution in [-0.4, -0.2) is 36.3 Å². The molecule has 0 bridgehead atoms. The Kier molecular flexibility index (Phi) is 7.48. The third kappa shape index (κ3) is 6.01. The van der Waals surface area contributed by atoms with Gasteiger partial charge in [-0.1, -0.05) is 41.2 Å². The van der Waals surface area contributed by atoms with E-state index in [1.807, 2.05) is 13.0 Å². The number of nitrogens with zero attached hydrogens (tertiary/aromatic N) is 2. The standard InChI is InChI=1S/C22H20ClFN2O6S3/c1-2-13(9-20-26(12-21(27)28)22-17(33-20)11-18(23)34-22)8-19-25(6-3-7-35(29,30)31)15-10-14(24)4-5-16(15)32-19/h4-5,8-11H,2-3,6-7,12H2,1H3,(H-,27,28,29,30,31)/p+1. The van der Waals surface area contributed by atoms with Crippen LogP contribution in [0.1, 0.15) is 24.8 Å². The molecule has 0 amide bonds. The van der Waals surface area contributed by atoms with Crippen molar-refractivity contribution in [3.8, 4) is 5.75 Å². The molecule has 0 radical (unpaired) electrons. The van der Waals surface area contributed by atoms with Crippen molar-refractivity contribution in [1.29, 1.82) is 0 Å². The van der Waals surface area contributed by atoms with E-state index in [-0.39, 0.29) is 19.5 Å². The number of rotatable bonds is 9. The molecule has 3 aromatic rings. The Morgan fingerprint density at radius 3 is 2.77 bits per heavy atom. The Bertz CT molecular complexity index is 1460. The first-order valence-electron chi connectivity index (χ1n) is 10.5. The molecule has 0 aliphatic carbocycles. The number of thiazole rings is 1. The van der Waals surface area contributed by atoms with Crippen molar-refractivity contribution in [3.63, 3.8) is 0 Å². The zero-order valence-corrected chi connectivity index (χ0v) is 21.6. The zero-order chi connectivity index (χ0) is 25.3. The molecule has 4 rings (SSSR count). The monoisotopic (exact) mass is 559 g/mol. The van der Waals surface area contributed by atoms with Gasteiger partial charge < -0.3 is 14.7 Å². The Labute approximate surface area is 213 Å². The zero-order valence-electron chi connectivity index (χ0n) is 18.4. The molecule has 2 aromatic heterocycles. The van der Waals surface area contributed by atoms with Gasteiger partial charge in [-0.25, -0.2) is 9.18 Å². The Balaban J connectivity index is 1.71. The summed E-state index contributed by atoms with van der Waals surface area (Å²) in [6, 6.07) is 5.87. The number of allylic oxidation sites excluding steroid dienone is 2. The van der Waals surface area contributed by atoms with Gasteiger partial charge in [-0.05, 0) is 36.6 Å². The van der Waals surface area contributed by atoms with Crippen LogP contribution in [0.4, 0.5) is 10.1 Å². The van der Waals surface area contributed by atoms with Crippen molar-refractivity contribution < 1.29 is 36.6 Å². The van der Waals surface area contributed by atoms with E-state index in [0.717, 1.165) is 20.1 Å². The highest BCUT2D eigenvalue weighted by Gasteiger charge is 2.28. The van der Waals surface area contributed by atoms with Gasteiger partial charge in [0.25, 0.3) is 20.0 Å². The summed E-state index contributed by atoms with van der Waals surface area (Å²) in [7, 11) is -4.14. The number of carboxylic acid groups (broad SMARTS) is 1. The smallest absolute Gasteiger partial charge is 0.370 e. The average Bonchev–Trinajstić information content (AvgIpc) is 3.38. The summed E-state index contributed by atoms with van der Waals surface area (Å²) >= 11 is 8.83. The van der Waals surface area contributed by atoms with Gasteiger partial charge in [-0.15, -0.1) is 0 Å². The third-order valence-electron chi connectivity index (χ3n) is 5.17. The summed E-state index contributed by atoms with van der Waals surface area (Å²) in [5.41, 5.74) is 1.27. The number of benzene rings is 1. The highest BCUT2D eigenvalue weighted by Crippen LogP contribution is 2.40. The predicted molar refractivity (Wildman–Crippen MR) is 134 cm³/mol. The highest BCUT2D eigenvalue weighted by atomic mass is 35.5. The molecule has 0 saturated heterocycles. The van der Waals surface area contributed by atoms with Crippen LogP contribution in [0, 0.1) is 5.82 Å². The van der Waals surface area contributed by atoms with E-state index >= 15 is 0 Å².